The third kappa shape index (κ3) is 12.7. The summed E-state index contributed by atoms with van der Waals surface area (Å²) in [6, 6.07) is -0.522. The third-order valence-corrected chi connectivity index (χ3v) is 3.89. The molecular weight excluding hydrogens is 276 g/mol. The van der Waals surface area contributed by atoms with Crippen molar-refractivity contribution in [2.75, 3.05) is 0 Å². The average molecular weight is 312 g/mol. The number of nitrogens with two attached hydrogens (primary N) is 1. The molecule has 1 atom stereocenters. The maximum absolute atomic E-state index is 11.8. The summed E-state index contributed by atoms with van der Waals surface area (Å²) in [6.45, 7) is 6.26. The molecule has 0 rings (SSSR count). The van der Waals surface area contributed by atoms with E-state index in [4.69, 9.17) is 5.73 Å². The monoisotopic (exact) mass is 312 g/mol. The standard InChI is InChI=1S/C18H36N2O2/c1-4-5-6-7-8-9-10-11-12-13-17(21)20-16(18(19)22)14-15(2)3/h15-16H,4-14H2,1-3H3,(H2,19,22)(H,20,21)/t16-/m0/s1. The Bertz CT molecular complexity index is 303. The van der Waals surface area contributed by atoms with E-state index < -0.39 is 11.9 Å². The topological polar surface area (TPSA) is 72.2 Å². The quantitative estimate of drug-likeness (QED) is 0.477. The Hall–Kier alpha value is -1.06. The lowest BCUT2D eigenvalue weighted by Crippen LogP contribution is -2.45. The molecule has 4 heteroatoms. The van der Waals surface area contributed by atoms with Gasteiger partial charge in [0.25, 0.3) is 0 Å². The SMILES string of the molecule is CCCCCCCCCCCC(=O)N[C@@H](CC(C)C)C(N)=O. The smallest absolute Gasteiger partial charge is 0.240 e. The first-order chi connectivity index (χ1) is 10.5. The fourth-order valence-electron chi connectivity index (χ4n) is 2.58. The summed E-state index contributed by atoms with van der Waals surface area (Å²) >= 11 is 0. The van der Waals surface area contributed by atoms with E-state index in [9.17, 15) is 9.59 Å². The Morgan fingerprint density at radius 1 is 0.909 bits per heavy atom. The Morgan fingerprint density at radius 2 is 1.41 bits per heavy atom. The Balaban J connectivity index is 3.61. The Morgan fingerprint density at radius 3 is 1.86 bits per heavy atom. The van der Waals surface area contributed by atoms with Crippen LogP contribution in [0.5, 0.6) is 0 Å². The molecule has 0 aromatic rings. The first-order valence-corrected chi connectivity index (χ1v) is 9.06. The van der Waals surface area contributed by atoms with Crippen LogP contribution in [0.25, 0.3) is 0 Å². The van der Waals surface area contributed by atoms with E-state index in [0.717, 1.165) is 12.8 Å². The van der Waals surface area contributed by atoms with E-state index in [-0.39, 0.29) is 5.91 Å². The number of hydrogen-bond acceptors (Lipinski definition) is 2. The summed E-state index contributed by atoms with van der Waals surface area (Å²) in [4.78, 5) is 23.1. The van der Waals surface area contributed by atoms with Gasteiger partial charge in [-0.1, -0.05) is 72.1 Å². The van der Waals surface area contributed by atoms with Crippen LogP contribution in [0.3, 0.4) is 0 Å². The van der Waals surface area contributed by atoms with Gasteiger partial charge >= 0.3 is 0 Å². The lowest BCUT2D eigenvalue weighted by atomic mass is 10.0. The molecule has 0 aliphatic heterocycles. The maximum atomic E-state index is 11.8. The van der Waals surface area contributed by atoms with Crippen molar-refractivity contribution in [3.63, 3.8) is 0 Å². The zero-order chi connectivity index (χ0) is 16.8. The lowest BCUT2D eigenvalue weighted by molar-refractivity contribution is -0.127. The highest BCUT2D eigenvalue weighted by Gasteiger charge is 2.18. The molecular formula is C18H36N2O2. The maximum Gasteiger partial charge on any atom is 0.240 e. The molecule has 3 N–H and O–H groups in total. The number of carbonyl (C=O) groups excluding carboxylic acids is 2. The number of rotatable bonds is 14. The number of unbranched alkanes of at least 4 members (excludes halogenated alkanes) is 8. The predicted octanol–water partition coefficient (Wildman–Crippen LogP) is 3.92. The van der Waals surface area contributed by atoms with Gasteiger partial charge < -0.3 is 11.1 Å². The molecule has 2 amide bonds. The molecule has 4 nitrogen and oxygen atoms in total. The van der Waals surface area contributed by atoms with Crippen LogP contribution in [-0.4, -0.2) is 17.9 Å². The summed E-state index contributed by atoms with van der Waals surface area (Å²) in [5.74, 6) is -0.146. The minimum absolute atomic E-state index is 0.0487. The highest BCUT2D eigenvalue weighted by molar-refractivity contribution is 5.86. The summed E-state index contributed by atoms with van der Waals surface area (Å²) in [5.41, 5.74) is 5.32. The number of carbonyl (C=O) groups is 2. The molecule has 0 saturated heterocycles. The summed E-state index contributed by atoms with van der Waals surface area (Å²) in [7, 11) is 0. The Kier molecular flexibility index (Phi) is 12.9. The lowest BCUT2D eigenvalue weighted by Gasteiger charge is -2.17. The number of primary amides is 1. The second kappa shape index (κ2) is 13.6. The largest absolute Gasteiger partial charge is 0.368 e. The number of hydrogen-bond donors (Lipinski definition) is 2. The van der Waals surface area contributed by atoms with E-state index in [2.05, 4.69) is 12.2 Å². The van der Waals surface area contributed by atoms with Crippen LogP contribution in [0, 0.1) is 5.92 Å². The molecule has 0 radical (unpaired) electrons. The highest BCUT2D eigenvalue weighted by atomic mass is 16.2. The van der Waals surface area contributed by atoms with Crippen molar-refractivity contribution in [1.29, 1.82) is 0 Å². The molecule has 0 heterocycles. The highest BCUT2D eigenvalue weighted by Crippen LogP contribution is 2.11. The van der Waals surface area contributed by atoms with Crippen molar-refractivity contribution in [3.05, 3.63) is 0 Å². The fourth-order valence-corrected chi connectivity index (χ4v) is 2.58. The molecule has 0 unspecified atom stereocenters. The average Bonchev–Trinajstić information content (AvgIpc) is 2.44. The number of nitrogens with one attached hydrogen (secondary N) is 1. The zero-order valence-electron chi connectivity index (χ0n) is 14.8. The van der Waals surface area contributed by atoms with E-state index in [0.29, 0.717) is 18.8 Å². The molecule has 0 saturated carbocycles. The van der Waals surface area contributed by atoms with Crippen molar-refractivity contribution >= 4 is 11.8 Å². The zero-order valence-corrected chi connectivity index (χ0v) is 14.8. The van der Waals surface area contributed by atoms with Gasteiger partial charge in [-0.2, -0.15) is 0 Å². The van der Waals surface area contributed by atoms with Crippen molar-refractivity contribution in [1.82, 2.24) is 5.32 Å². The van der Waals surface area contributed by atoms with Gasteiger partial charge in [-0.15, -0.1) is 0 Å². The van der Waals surface area contributed by atoms with Crippen molar-refractivity contribution in [3.8, 4) is 0 Å². The van der Waals surface area contributed by atoms with Gasteiger partial charge in [0, 0.05) is 6.42 Å². The van der Waals surface area contributed by atoms with Gasteiger partial charge in [0.1, 0.15) is 6.04 Å². The normalized spacial score (nSPS) is 12.4. The van der Waals surface area contributed by atoms with Crippen molar-refractivity contribution in [2.45, 2.75) is 97.4 Å². The van der Waals surface area contributed by atoms with E-state index in [1.54, 1.807) is 0 Å². The summed E-state index contributed by atoms with van der Waals surface area (Å²) < 4.78 is 0. The molecule has 0 aromatic heterocycles. The van der Waals surface area contributed by atoms with Crippen LogP contribution >= 0.6 is 0 Å². The first-order valence-electron chi connectivity index (χ1n) is 9.06. The minimum Gasteiger partial charge on any atom is -0.368 e. The molecule has 0 aromatic carbocycles. The third-order valence-electron chi connectivity index (χ3n) is 3.89. The minimum atomic E-state index is -0.522. The van der Waals surface area contributed by atoms with Crippen LogP contribution < -0.4 is 11.1 Å². The van der Waals surface area contributed by atoms with Crippen molar-refractivity contribution in [2.24, 2.45) is 11.7 Å². The molecule has 0 spiro atoms. The van der Waals surface area contributed by atoms with Crippen LogP contribution in [0.2, 0.25) is 0 Å². The number of amides is 2. The molecule has 130 valence electrons. The van der Waals surface area contributed by atoms with Gasteiger partial charge in [0.05, 0.1) is 0 Å². The molecule has 0 bridgehead atoms. The second-order valence-electron chi connectivity index (χ2n) is 6.73. The van der Waals surface area contributed by atoms with Crippen LogP contribution in [0.4, 0.5) is 0 Å². The first kappa shape index (κ1) is 20.9. The van der Waals surface area contributed by atoms with E-state index in [1.807, 2.05) is 13.8 Å². The van der Waals surface area contributed by atoms with Crippen LogP contribution in [0.1, 0.15) is 91.4 Å². The summed E-state index contributed by atoms with van der Waals surface area (Å²) in [6.07, 6.45) is 12.2. The van der Waals surface area contributed by atoms with Gasteiger partial charge in [0.15, 0.2) is 0 Å². The van der Waals surface area contributed by atoms with E-state index >= 15 is 0 Å². The van der Waals surface area contributed by atoms with Gasteiger partial charge in [0.2, 0.25) is 11.8 Å². The van der Waals surface area contributed by atoms with E-state index in [1.165, 1.54) is 44.9 Å². The van der Waals surface area contributed by atoms with Crippen LogP contribution in [0.15, 0.2) is 0 Å². The van der Waals surface area contributed by atoms with Crippen molar-refractivity contribution < 1.29 is 9.59 Å². The fraction of sp³-hybridized carbons (Fsp3) is 0.889. The molecule has 0 aliphatic rings. The Labute approximate surface area is 136 Å². The van der Waals surface area contributed by atoms with Crippen LogP contribution in [-0.2, 0) is 9.59 Å². The molecule has 0 fully saturated rings. The molecule has 22 heavy (non-hydrogen) atoms. The van der Waals surface area contributed by atoms with Gasteiger partial charge in [-0.25, -0.2) is 0 Å². The second-order valence-corrected chi connectivity index (χ2v) is 6.73. The van der Waals surface area contributed by atoms with Gasteiger partial charge in [-0.3, -0.25) is 9.59 Å². The molecule has 0 aliphatic carbocycles. The van der Waals surface area contributed by atoms with Gasteiger partial charge in [-0.05, 0) is 18.8 Å². The summed E-state index contributed by atoms with van der Waals surface area (Å²) in [5, 5.41) is 2.76. The predicted molar refractivity (Wildman–Crippen MR) is 92.4 cm³/mol.